The molecule has 2 rings (SSSR count). The Morgan fingerprint density at radius 2 is 1.83 bits per heavy atom. The molecule has 0 saturated heterocycles. The molecule has 0 aliphatic heterocycles. The van der Waals surface area contributed by atoms with Gasteiger partial charge in [0.1, 0.15) is 5.75 Å². The summed E-state index contributed by atoms with van der Waals surface area (Å²) in [5.74, 6) is 1.21. The summed E-state index contributed by atoms with van der Waals surface area (Å²) in [6.07, 6.45) is 0. The third kappa shape index (κ3) is 5.61. The van der Waals surface area contributed by atoms with E-state index in [9.17, 15) is 4.79 Å². The number of nitrogens with one attached hydrogen (secondary N) is 2. The fourth-order valence-electron chi connectivity index (χ4n) is 2.17. The fraction of sp³-hybridized carbons (Fsp3) is 0.350. The van der Waals surface area contributed by atoms with Crippen LogP contribution < -0.4 is 15.4 Å². The van der Waals surface area contributed by atoms with Crippen LogP contribution in [0, 0.1) is 19.8 Å². The molecule has 0 unspecified atom stereocenters. The van der Waals surface area contributed by atoms with Crippen LogP contribution in [0.15, 0.2) is 42.5 Å². The quantitative estimate of drug-likeness (QED) is 0.793. The van der Waals surface area contributed by atoms with Crippen molar-refractivity contribution in [1.29, 1.82) is 0 Å². The predicted octanol–water partition coefficient (Wildman–Crippen LogP) is 4.39. The first-order valence-electron chi connectivity index (χ1n) is 8.28. The van der Waals surface area contributed by atoms with E-state index in [4.69, 9.17) is 4.74 Å². The van der Waals surface area contributed by atoms with Crippen molar-refractivity contribution in [3.05, 3.63) is 53.6 Å². The second-order valence-corrected chi connectivity index (χ2v) is 6.43. The topological polar surface area (TPSA) is 50.4 Å². The van der Waals surface area contributed by atoms with Gasteiger partial charge >= 0.3 is 0 Å². The number of aryl methyl sites for hydroxylation is 2. The molecule has 2 aromatic carbocycles. The minimum absolute atomic E-state index is 0.0771. The highest BCUT2D eigenvalue weighted by Crippen LogP contribution is 2.18. The molecule has 0 saturated carbocycles. The molecule has 4 nitrogen and oxygen atoms in total. The molecular formula is C20H26N2O2. The molecule has 0 spiro atoms. The van der Waals surface area contributed by atoms with Crippen LogP contribution in [0.1, 0.15) is 25.0 Å². The molecule has 0 fully saturated rings. The van der Waals surface area contributed by atoms with E-state index < -0.39 is 0 Å². The number of anilines is 2. The van der Waals surface area contributed by atoms with Gasteiger partial charge in [-0.25, -0.2) is 0 Å². The Hall–Kier alpha value is -2.49. The lowest BCUT2D eigenvalue weighted by molar-refractivity contribution is -0.114. The number of benzene rings is 2. The monoisotopic (exact) mass is 326 g/mol. The van der Waals surface area contributed by atoms with Crippen LogP contribution in [0.2, 0.25) is 0 Å². The zero-order valence-corrected chi connectivity index (χ0v) is 14.8. The van der Waals surface area contributed by atoms with E-state index >= 15 is 0 Å². The minimum atomic E-state index is -0.0771. The van der Waals surface area contributed by atoms with Crippen molar-refractivity contribution in [2.45, 2.75) is 27.7 Å². The Labute approximate surface area is 144 Å². The SMILES string of the molecule is Cc1ccc(NC(=O)CNc2cccc(OCC(C)C)c2)cc1C. The summed E-state index contributed by atoms with van der Waals surface area (Å²) in [5.41, 5.74) is 4.06. The molecule has 0 atom stereocenters. The zero-order valence-electron chi connectivity index (χ0n) is 14.8. The molecule has 0 aromatic heterocycles. The van der Waals surface area contributed by atoms with Crippen LogP contribution in [0.25, 0.3) is 0 Å². The number of amides is 1. The van der Waals surface area contributed by atoms with Gasteiger partial charge in [0.2, 0.25) is 5.91 Å². The summed E-state index contributed by atoms with van der Waals surface area (Å²) in [4.78, 5) is 12.1. The standard InChI is InChI=1S/C20H26N2O2/c1-14(2)13-24-19-7-5-6-17(11-19)21-12-20(23)22-18-9-8-15(3)16(4)10-18/h5-11,14,21H,12-13H2,1-4H3,(H,22,23). The number of rotatable bonds is 7. The van der Waals surface area contributed by atoms with Crippen molar-refractivity contribution in [2.75, 3.05) is 23.8 Å². The number of hydrogen-bond acceptors (Lipinski definition) is 3. The number of ether oxygens (including phenoxy) is 1. The van der Waals surface area contributed by atoms with E-state index in [1.54, 1.807) is 0 Å². The molecule has 128 valence electrons. The molecule has 4 heteroatoms. The summed E-state index contributed by atoms with van der Waals surface area (Å²) in [5, 5.41) is 6.03. The van der Waals surface area contributed by atoms with Gasteiger partial charge in [0.25, 0.3) is 0 Å². The van der Waals surface area contributed by atoms with Crippen LogP contribution in [0.5, 0.6) is 5.75 Å². The maximum Gasteiger partial charge on any atom is 0.243 e. The number of carbonyl (C=O) groups is 1. The lowest BCUT2D eigenvalue weighted by Crippen LogP contribution is -2.21. The molecule has 0 radical (unpaired) electrons. The normalized spacial score (nSPS) is 10.5. The van der Waals surface area contributed by atoms with E-state index in [1.807, 2.05) is 49.4 Å². The highest BCUT2D eigenvalue weighted by atomic mass is 16.5. The Morgan fingerprint density at radius 3 is 2.54 bits per heavy atom. The maximum atomic E-state index is 12.1. The van der Waals surface area contributed by atoms with E-state index in [2.05, 4.69) is 31.4 Å². The minimum Gasteiger partial charge on any atom is -0.493 e. The van der Waals surface area contributed by atoms with E-state index in [1.165, 1.54) is 5.56 Å². The number of carbonyl (C=O) groups excluding carboxylic acids is 1. The largest absolute Gasteiger partial charge is 0.493 e. The van der Waals surface area contributed by atoms with Crippen molar-refractivity contribution in [1.82, 2.24) is 0 Å². The highest BCUT2D eigenvalue weighted by Gasteiger charge is 2.04. The Balaban J connectivity index is 1.87. The molecular weight excluding hydrogens is 300 g/mol. The summed E-state index contributed by atoms with van der Waals surface area (Å²) in [6.45, 7) is 9.19. The Kier molecular flexibility index (Phi) is 6.24. The molecule has 24 heavy (non-hydrogen) atoms. The van der Waals surface area contributed by atoms with Crippen LogP contribution in [-0.2, 0) is 4.79 Å². The van der Waals surface area contributed by atoms with Crippen LogP contribution in [0.3, 0.4) is 0 Å². The van der Waals surface area contributed by atoms with Crippen molar-refractivity contribution in [3.8, 4) is 5.75 Å². The summed E-state index contributed by atoms with van der Waals surface area (Å²) in [7, 11) is 0. The van der Waals surface area contributed by atoms with Crippen LogP contribution in [0.4, 0.5) is 11.4 Å². The third-order valence-corrected chi connectivity index (χ3v) is 3.66. The van der Waals surface area contributed by atoms with E-state index in [0.29, 0.717) is 12.5 Å². The van der Waals surface area contributed by atoms with Crippen molar-refractivity contribution in [3.63, 3.8) is 0 Å². The van der Waals surface area contributed by atoms with Gasteiger partial charge < -0.3 is 15.4 Å². The van der Waals surface area contributed by atoms with E-state index in [-0.39, 0.29) is 12.5 Å². The Morgan fingerprint density at radius 1 is 1.04 bits per heavy atom. The lowest BCUT2D eigenvalue weighted by atomic mass is 10.1. The maximum absolute atomic E-state index is 12.1. The molecule has 0 heterocycles. The molecule has 0 bridgehead atoms. The van der Waals surface area contributed by atoms with Gasteiger partial charge in [0.05, 0.1) is 13.2 Å². The second kappa shape index (κ2) is 8.39. The average molecular weight is 326 g/mol. The molecule has 2 N–H and O–H groups in total. The van der Waals surface area contributed by atoms with Gasteiger partial charge in [-0.1, -0.05) is 26.0 Å². The van der Waals surface area contributed by atoms with Gasteiger partial charge in [-0.05, 0) is 55.2 Å². The highest BCUT2D eigenvalue weighted by molar-refractivity contribution is 5.93. The number of hydrogen-bond donors (Lipinski definition) is 2. The molecule has 0 aliphatic rings. The smallest absolute Gasteiger partial charge is 0.243 e. The fourth-order valence-corrected chi connectivity index (χ4v) is 2.17. The van der Waals surface area contributed by atoms with Gasteiger partial charge in [0.15, 0.2) is 0 Å². The van der Waals surface area contributed by atoms with Crippen molar-refractivity contribution in [2.24, 2.45) is 5.92 Å². The van der Waals surface area contributed by atoms with Crippen LogP contribution >= 0.6 is 0 Å². The van der Waals surface area contributed by atoms with Gasteiger partial charge in [-0.2, -0.15) is 0 Å². The predicted molar refractivity (Wildman–Crippen MR) is 99.8 cm³/mol. The Bertz CT molecular complexity index is 696. The van der Waals surface area contributed by atoms with Gasteiger partial charge in [-0.3, -0.25) is 4.79 Å². The second-order valence-electron chi connectivity index (χ2n) is 6.43. The van der Waals surface area contributed by atoms with Crippen LogP contribution in [-0.4, -0.2) is 19.1 Å². The summed E-state index contributed by atoms with van der Waals surface area (Å²) >= 11 is 0. The molecule has 2 aromatic rings. The molecule has 1 amide bonds. The summed E-state index contributed by atoms with van der Waals surface area (Å²) < 4.78 is 5.69. The molecule has 0 aliphatic carbocycles. The van der Waals surface area contributed by atoms with E-state index in [0.717, 1.165) is 22.7 Å². The first-order valence-corrected chi connectivity index (χ1v) is 8.28. The average Bonchev–Trinajstić information content (AvgIpc) is 2.55. The van der Waals surface area contributed by atoms with Crippen molar-refractivity contribution >= 4 is 17.3 Å². The van der Waals surface area contributed by atoms with Crippen molar-refractivity contribution < 1.29 is 9.53 Å². The lowest BCUT2D eigenvalue weighted by Gasteiger charge is -2.12. The first-order chi connectivity index (χ1) is 11.4. The summed E-state index contributed by atoms with van der Waals surface area (Å²) in [6, 6.07) is 13.6. The third-order valence-electron chi connectivity index (χ3n) is 3.66. The zero-order chi connectivity index (χ0) is 17.5. The van der Waals surface area contributed by atoms with Gasteiger partial charge in [-0.15, -0.1) is 0 Å². The van der Waals surface area contributed by atoms with Gasteiger partial charge in [0, 0.05) is 17.4 Å². The first kappa shape index (κ1) is 17.9.